The monoisotopic (exact) mass is 428 g/mol. The standard InChI is InChI=1S/C22H37I/c1-8-21(4,5)13-9-11-19-15-17(2)16-20(18(19)3)12-10-14-22(6,7)23/h15-16H,8-14H2,1-7H3. The molecule has 0 amide bonds. The van der Waals surface area contributed by atoms with Crippen molar-refractivity contribution in [2.24, 2.45) is 5.41 Å². The molecule has 0 aliphatic heterocycles. The molecule has 0 N–H and O–H groups in total. The van der Waals surface area contributed by atoms with Gasteiger partial charge >= 0.3 is 0 Å². The molecule has 0 unspecified atom stereocenters. The van der Waals surface area contributed by atoms with Crippen LogP contribution in [0.2, 0.25) is 0 Å². The molecule has 1 heteroatoms. The number of rotatable bonds is 9. The van der Waals surface area contributed by atoms with E-state index in [4.69, 9.17) is 0 Å². The minimum absolute atomic E-state index is 0.421. The van der Waals surface area contributed by atoms with Crippen LogP contribution in [-0.2, 0) is 12.8 Å². The van der Waals surface area contributed by atoms with E-state index in [1.807, 2.05) is 0 Å². The topological polar surface area (TPSA) is 0 Å². The summed E-state index contributed by atoms with van der Waals surface area (Å²) < 4.78 is 0.421. The van der Waals surface area contributed by atoms with Gasteiger partial charge in [0.05, 0.1) is 0 Å². The molecule has 0 aromatic heterocycles. The van der Waals surface area contributed by atoms with Gasteiger partial charge in [0, 0.05) is 3.42 Å². The third-order valence-corrected chi connectivity index (χ3v) is 5.78. The van der Waals surface area contributed by atoms with Crippen molar-refractivity contribution in [3.8, 4) is 0 Å². The second kappa shape index (κ2) is 8.87. The second-order valence-corrected chi connectivity index (χ2v) is 11.6. The maximum atomic E-state index is 2.57. The normalized spacial score (nSPS) is 12.7. The van der Waals surface area contributed by atoms with Crippen LogP contribution >= 0.6 is 22.6 Å². The number of hydrogen-bond donors (Lipinski definition) is 0. The van der Waals surface area contributed by atoms with Crippen molar-refractivity contribution < 1.29 is 0 Å². The molecule has 1 rings (SSSR count). The second-order valence-electron chi connectivity index (χ2n) is 8.65. The average molecular weight is 428 g/mol. The minimum Gasteiger partial charge on any atom is -0.0795 e. The Balaban J connectivity index is 2.70. The predicted octanol–water partition coefficient (Wildman–Crippen LogP) is 7.60. The van der Waals surface area contributed by atoms with Gasteiger partial charge in [0.2, 0.25) is 0 Å². The number of hydrogen-bond acceptors (Lipinski definition) is 0. The van der Waals surface area contributed by atoms with Gasteiger partial charge in [-0.25, -0.2) is 0 Å². The van der Waals surface area contributed by atoms with E-state index in [1.165, 1.54) is 50.5 Å². The molecule has 0 heterocycles. The summed E-state index contributed by atoms with van der Waals surface area (Å²) in [6, 6.07) is 4.83. The molecular weight excluding hydrogens is 391 g/mol. The lowest BCUT2D eigenvalue weighted by Gasteiger charge is -2.23. The Kier molecular flexibility index (Phi) is 8.10. The molecule has 0 nitrogen and oxygen atoms in total. The molecule has 0 saturated carbocycles. The van der Waals surface area contributed by atoms with Gasteiger partial charge in [0.15, 0.2) is 0 Å². The SMILES string of the molecule is CCC(C)(C)CCCc1cc(C)cc(CCCC(C)(C)I)c1C. The summed E-state index contributed by atoms with van der Waals surface area (Å²) in [6.07, 6.45) is 8.97. The first-order valence-corrected chi connectivity index (χ1v) is 10.4. The summed E-state index contributed by atoms with van der Waals surface area (Å²) in [5.74, 6) is 0. The highest BCUT2D eigenvalue weighted by atomic mass is 127. The van der Waals surface area contributed by atoms with Crippen molar-refractivity contribution in [2.45, 2.75) is 96.8 Å². The fourth-order valence-corrected chi connectivity index (χ4v) is 3.55. The number of benzene rings is 1. The molecule has 0 atom stereocenters. The third kappa shape index (κ3) is 8.05. The van der Waals surface area contributed by atoms with Crippen LogP contribution in [0.15, 0.2) is 12.1 Å². The molecule has 0 aliphatic rings. The zero-order valence-corrected chi connectivity index (χ0v) is 18.6. The van der Waals surface area contributed by atoms with Gasteiger partial charge in [-0.15, -0.1) is 0 Å². The molecular formula is C22H37I. The summed E-state index contributed by atoms with van der Waals surface area (Å²) in [5.41, 5.74) is 6.64. The number of alkyl halides is 1. The van der Waals surface area contributed by atoms with E-state index in [-0.39, 0.29) is 0 Å². The van der Waals surface area contributed by atoms with Crippen molar-refractivity contribution in [1.82, 2.24) is 0 Å². The van der Waals surface area contributed by atoms with Crippen LogP contribution in [0.25, 0.3) is 0 Å². The predicted molar refractivity (Wildman–Crippen MR) is 114 cm³/mol. The van der Waals surface area contributed by atoms with Gasteiger partial charge < -0.3 is 0 Å². The molecule has 0 bridgehead atoms. The highest BCUT2D eigenvalue weighted by Gasteiger charge is 2.15. The highest BCUT2D eigenvalue weighted by Crippen LogP contribution is 2.29. The van der Waals surface area contributed by atoms with Gasteiger partial charge in [0.25, 0.3) is 0 Å². The maximum Gasteiger partial charge on any atom is 0.0166 e. The molecule has 1 aromatic rings. The third-order valence-electron chi connectivity index (χ3n) is 5.24. The van der Waals surface area contributed by atoms with E-state index >= 15 is 0 Å². The van der Waals surface area contributed by atoms with E-state index in [1.54, 1.807) is 16.7 Å². The van der Waals surface area contributed by atoms with Crippen LogP contribution in [0.3, 0.4) is 0 Å². The van der Waals surface area contributed by atoms with Crippen LogP contribution in [-0.4, -0.2) is 3.42 Å². The van der Waals surface area contributed by atoms with Crippen molar-refractivity contribution in [2.75, 3.05) is 0 Å². The van der Waals surface area contributed by atoms with Crippen molar-refractivity contribution in [3.63, 3.8) is 0 Å². The van der Waals surface area contributed by atoms with Crippen LogP contribution < -0.4 is 0 Å². The van der Waals surface area contributed by atoms with Crippen LogP contribution in [0, 0.1) is 19.3 Å². The minimum atomic E-state index is 0.421. The summed E-state index contributed by atoms with van der Waals surface area (Å²) >= 11 is 2.57. The zero-order valence-electron chi connectivity index (χ0n) is 16.5. The molecule has 132 valence electrons. The van der Waals surface area contributed by atoms with Crippen molar-refractivity contribution in [3.05, 3.63) is 34.4 Å². The Morgan fingerprint density at radius 1 is 0.870 bits per heavy atom. The smallest absolute Gasteiger partial charge is 0.0166 e. The zero-order chi connectivity index (χ0) is 17.7. The van der Waals surface area contributed by atoms with Crippen molar-refractivity contribution in [1.29, 1.82) is 0 Å². The fraction of sp³-hybridized carbons (Fsp3) is 0.727. The number of aryl methyl sites for hydroxylation is 3. The molecule has 0 radical (unpaired) electrons. The first kappa shape index (κ1) is 21.0. The number of halogens is 1. The lowest BCUT2D eigenvalue weighted by Crippen LogP contribution is -2.10. The van der Waals surface area contributed by atoms with E-state index < -0.39 is 0 Å². The Morgan fingerprint density at radius 2 is 1.35 bits per heavy atom. The molecule has 1 aromatic carbocycles. The van der Waals surface area contributed by atoms with Crippen LogP contribution in [0.4, 0.5) is 0 Å². The van der Waals surface area contributed by atoms with E-state index in [9.17, 15) is 0 Å². The Labute approximate surface area is 159 Å². The summed E-state index contributed by atoms with van der Waals surface area (Å²) in [6.45, 7) is 16.4. The van der Waals surface area contributed by atoms with Gasteiger partial charge in [-0.1, -0.05) is 81.3 Å². The maximum absolute atomic E-state index is 2.57. The average Bonchev–Trinajstić information content (AvgIpc) is 2.42. The van der Waals surface area contributed by atoms with E-state index in [2.05, 4.69) is 83.2 Å². The Hall–Kier alpha value is -0.0500. The van der Waals surface area contributed by atoms with E-state index in [0.717, 1.165) is 0 Å². The molecule has 0 spiro atoms. The summed E-state index contributed by atoms with van der Waals surface area (Å²) in [5, 5.41) is 0. The van der Waals surface area contributed by atoms with Crippen molar-refractivity contribution >= 4 is 22.6 Å². The van der Waals surface area contributed by atoms with E-state index in [0.29, 0.717) is 8.84 Å². The van der Waals surface area contributed by atoms with Crippen LogP contribution in [0.5, 0.6) is 0 Å². The fourth-order valence-electron chi connectivity index (χ4n) is 3.17. The molecule has 0 aliphatic carbocycles. The first-order valence-electron chi connectivity index (χ1n) is 9.32. The lowest BCUT2D eigenvalue weighted by atomic mass is 9.83. The Bertz CT molecular complexity index is 491. The summed E-state index contributed by atoms with van der Waals surface area (Å²) in [4.78, 5) is 0. The van der Waals surface area contributed by atoms with Gasteiger partial charge in [-0.2, -0.15) is 0 Å². The highest BCUT2D eigenvalue weighted by molar-refractivity contribution is 14.1. The molecule has 0 fully saturated rings. The quantitative estimate of drug-likeness (QED) is 0.281. The lowest BCUT2D eigenvalue weighted by molar-refractivity contribution is 0.313. The molecule has 23 heavy (non-hydrogen) atoms. The van der Waals surface area contributed by atoms with Gasteiger partial charge in [-0.05, 0) is 74.5 Å². The van der Waals surface area contributed by atoms with Gasteiger partial charge in [-0.3, -0.25) is 0 Å². The summed E-state index contributed by atoms with van der Waals surface area (Å²) in [7, 11) is 0. The van der Waals surface area contributed by atoms with Crippen LogP contribution in [0.1, 0.15) is 89.0 Å². The molecule has 0 saturated heterocycles. The largest absolute Gasteiger partial charge is 0.0795 e. The Morgan fingerprint density at radius 3 is 1.78 bits per heavy atom. The first-order chi connectivity index (χ1) is 10.5. The van der Waals surface area contributed by atoms with Gasteiger partial charge in [0.1, 0.15) is 0 Å².